The standard InChI is InChI=1S/C18H15NO/c1-13(14-6-3-2-4-7-14)18(20)16-9-10-17-15(12-16)8-5-11-19-17/h2-13H,1H3. The zero-order valence-electron chi connectivity index (χ0n) is 11.3. The van der Waals surface area contributed by atoms with Crippen molar-refractivity contribution in [3.63, 3.8) is 0 Å². The van der Waals surface area contributed by atoms with Crippen LogP contribution in [-0.4, -0.2) is 10.8 Å². The Morgan fingerprint density at radius 3 is 2.60 bits per heavy atom. The molecule has 1 unspecified atom stereocenters. The summed E-state index contributed by atoms with van der Waals surface area (Å²) in [5, 5.41) is 0.999. The number of benzene rings is 2. The summed E-state index contributed by atoms with van der Waals surface area (Å²) in [6.45, 7) is 1.95. The van der Waals surface area contributed by atoms with Crippen molar-refractivity contribution in [3.8, 4) is 0 Å². The Bertz CT molecular complexity index is 749. The van der Waals surface area contributed by atoms with Crippen LogP contribution in [0.25, 0.3) is 10.9 Å². The van der Waals surface area contributed by atoms with Gasteiger partial charge in [-0.15, -0.1) is 0 Å². The second-order valence-corrected chi connectivity index (χ2v) is 4.91. The maximum atomic E-state index is 12.6. The molecule has 0 radical (unpaired) electrons. The third-order valence-corrected chi connectivity index (χ3v) is 3.58. The molecular formula is C18H15NO. The lowest BCUT2D eigenvalue weighted by atomic mass is 9.92. The minimum absolute atomic E-state index is 0.134. The molecule has 1 atom stereocenters. The van der Waals surface area contributed by atoms with Gasteiger partial charge in [0.25, 0.3) is 0 Å². The van der Waals surface area contributed by atoms with Crippen molar-refractivity contribution in [1.29, 1.82) is 0 Å². The summed E-state index contributed by atoms with van der Waals surface area (Å²) >= 11 is 0. The number of hydrogen-bond donors (Lipinski definition) is 0. The number of Topliss-reactive ketones (excluding diaryl/α,β-unsaturated/α-hetero) is 1. The molecule has 0 N–H and O–H groups in total. The molecule has 3 aromatic rings. The highest BCUT2D eigenvalue weighted by molar-refractivity contribution is 6.03. The lowest BCUT2D eigenvalue weighted by Gasteiger charge is -2.11. The monoisotopic (exact) mass is 261 g/mol. The second-order valence-electron chi connectivity index (χ2n) is 4.91. The number of carbonyl (C=O) groups excluding carboxylic acids is 1. The van der Waals surface area contributed by atoms with Crippen LogP contribution in [0, 0.1) is 0 Å². The van der Waals surface area contributed by atoms with E-state index in [0.717, 1.165) is 22.0 Å². The van der Waals surface area contributed by atoms with Crippen LogP contribution in [0.1, 0.15) is 28.8 Å². The third-order valence-electron chi connectivity index (χ3n) is 3.58. The van der Waals surface area contributed by atoms with E-state index in [9.17, 15) is 4.79 Å². The van der Waals surface area contributed by atoms with Crippen molar-refractivity contribution in [2.45, 2.75) is 12.8 Å². The smallest absolute Gasteiger partial charge is 0.170 e. The van der Waals surface area contributed by atoms with Gasteiger partial charge in [0.05, 0.1) is 5.52 Å². The normalized spacial score (nSPS) is 12.2. The summed E-state index contributed by atoms with van der Waals surface area (Å²) in [5.41, 5.74) is 2.70. The fourth-order valence-electron chi connectivity index (χ4n) is 2.37. The molecule has 0 amide bonds. The van der Waals surface area contributed by atoms with Crippen LogP contribution in [0.2, 0.25) is 0 Å². The first-order valence-electron chi connectivity index (χ1n) is 6.69. The molecule has 2 heteroatoms. The molecule has 2 aromatic carbocycles. The second kappa shape index (κ2) is 5.25. The number of rotatable bonds is 3. The van der Waals surface area contributed by atoms with Gasteiger partial charge >= 0.3 is 0 Å². The van der Waals surface area contributed by atoms with Crippen molar-refractivity contribution in [2.75, 3.05) is 0 Å². The summed E-state index contributed by atoms with van der Waals surface area (Å²) < 4.78 is 0. The molecule has 1 heterocycles. The first-order chi connectivity index (χ1) is 9.75. The Hall–Kier alpha value is -2.48. The van der Waals surface area contributed by atoms with Gasteiger partial charge < -0.3 is 0 Å². The van der Waals surface area contributed by atoms with Gasteiger partial charge in [0.15, 0.2) is 5.78 Å². The topological polar surface area (TPSA) is 30.0 Å². The highest BCUT2D eigenvalue weighted by Crippen LogP contribution is 2.22. The predicted octanol–water partition coefficient (Wildman–Crippen LogP) is 4.22. The number of aromatic nitrogens is 1. The number of carbonyl (C=O) groups is 1. The Morgan fingerprint density at radius 2 is 1.80 bits per heavy atom. The van der Waals surface area contributed by atoms with Crippen LogP contribution in [0.3, 0.4) is 0 Å². The van der Waals surface area contributed by atoms with E-state index < -0.39 is 0 Å². The Labute approximate surface area is 118 Å². The van der Waals surface area contributed by atoms with E-state index in [-0.39, 0.29) is 11.7 Å². The summed E-state index contributed by atoms with van der Waals surface area (Å²) in [5.74, 6) is 0.00674. The molecule has 20 heavy (non-hydrogen) atoms. The van der Waals surface area contributed by atoms with Crippen molar-refractivity contribution in [3.05, 3.63) is 78.0 Å². The van der Waals surface area contributed by atoms with Gasteiger partial charge in [0.1, 0.15) is 0 Å². The summed E-state index contributed by atoms with van der Waals surface area (Å²) in [7, 11) is 0. The molecule has 0 aliphatic carbocycles. The van der Waals surface area contributed by atoms with Crippen molar-refractivity contribution in [2.24, 2.45) is 0 Å². The van der Waals surface area contributed by atoms with E-state index in [2.05, 4.69) is 4.98 Å². The first-order valence-corrected chi connectivity index (χ1v) is 6.69. The Kier molecular flexibility index (Phi) is 3.30. The number of ketones is 1. The summed E-state index contributed by atoms with van der Waals surface area (Å²) in [4.78, 5) is 16.8. The van der Waals surface area contributed by atoms with Crippen LogP contribution < -0.4 is 0 Å². The van der Waals surface area contributed by atoms with Gasteiger partial charge in [0.2, 0.25) is 0 Å². The SMILES string of the molecule is CC(C(=O)c1ccc2ncccc2c1)c1ccccc1. The quantitative estimate of drug-likeness (QED) is 0.661. The average molecular weight is 261 g/mol. The maximum absolute atomic E-state index is 12.6. The molecule has 0 aliphatic rings. The summed E-state index contributed by atoms with van der Waals surface area (Å²) in [6, 6.07) is 19.4. The van der Waals surface area contributed by atoms with E-state index in [4.69, 9.17) is 0 Å². The van der Waals surface area contributed by atoms with E-state index in [1.165, 1.54) is 0 Å². The summed E-state index contributed by atoms with van der Waals surface area (Å²) in [6.07, 6.45) is 1.76. The van der Waals surface area contributed by atoms with Crippen LogP contribution in [0.5, 0.6) is 0 Å². The number of pyridine rings is 1. The molecule has 0 saturated carbocycles. The zero-order chi connectivity index (χ0) is 13.9. The molecule has 0 fully saturated rings. The van der Waals surface area contributed by atoms with Crippen LogP contribution in [0.4, 0.5) is 0 Å². The molecule has 0 bridgehead atoms. The lowest BCUT2D eigenvalue weighted by Crippen LogP contribution is -2.09. The van der Waals surface area contributed by atoms with Crippen LogP contribution in [0.15, 0.2) is 66.9 Å². The average Bonchev–Trinajstić information content (AvgIpc) is 2.54. The molecular weight excluding hydrogens is 246 g/mol. The Balaban J connectivity index is 1.96. The van der Waals surface area contributed by atoms with Crippen molar-refractivity contribution < 1.29 is 4.79 Å². The number of nitrogens with zero attached hydrogens (tertiary/aromatic N) is 1. The Morgan fingerprint density at radius 1 is 1.00 bits per heavy atom. The van der Waals surface area contributed by atoms with E-state index in [1.54, 1.807) is 6.20 Å². The van der Waals surface area contributed by atoms with Crippen LogP contribution in [-0.2, 0) is 0 Å². The third kappa shape index (κ3) is 2.32. The largest absolute Gasteiger partial charge is 0.294 e. The van der Waals surface area contributed by atoms with E-state index in [1.807, 2.05) is 67.6 Å². The fourth-order valence-corrected chi connectivity index (χ4v) is 2.37. The molecule has 3 rings (SSSR count). The van der Waals surface area contributed by atoms with Gasteiger partial charge in [-0.25, -0.2) is 0 Å². The van der Waals surface area contributed by atoms with Gasteiger partial charge in [-0.2, -0.15) is 0 Å². The minimum atomic E-state index is -0.134. The molecule has 1 aromatic heterocycles. The molecule has 0 spiro atoms. The maximum Gasteiger partial charge on any atom is 0.170 e. The van der Waals surface area contributed by atoms with E-state index in [0.29, 0.717) is 0 Å². The fraction of sp³-hybridized carbons (Fsp3) is 0.111. The predicted molar refractivity (Wildman–Crippen MR) is 80.9 cm³/mol. The zero-order valence-corrected chi connectivity index (χ0v) is 11.3. The number of hydrogen-bond acceptors (Lipinski definition) is 2. The highest BCUT2D eigenvalue weighted by Gasteiger charge is 2.17. The van der Waals surface area contributed by atoms with Crippen LogP contribution >= 0.6 is 0 Å². The molecule has 0 saturated heterocycles. The number of fused-ring (bicyclic) bond motifs is 1. The highest BCUT2D eigenvalue weighted by atomic mass is 16.1. The molecule has 2 nitrogen and oxygen atoms in total. The van der Waals surface area contributed by atoms with Gasteiger partial charge in [-0.3, -0.25) is 9.78 Å². The first kappa shape index (κ1) is 12.5. The lowest BCUT2D eigenvalue weighted by molar-refractivity contribution is 0.0966. The molecule has 98 valence electrons. The van der Waals surface area contributed by atoms with Crippen molar-refractivity contribution >= 4 is 16.7 Å². The molecule has 0 aliphatic heterocycles. The van der Waals surface area contributed by atoms with Gasteiger partial charge in [0, 0.05) is 23.1 Å². The van der Waals surface area contributed by atoms with E-state index >= 15 is 0 Å². The van der Waals surface area contributed by atoms with Crippen molar-refractivity contribution in [1.82, 2.24) is 4.98 Å². The van der Waals surface area contributed by atoms with Gasteiger partial charge in [-0.05, 0) is 29.8 Å². The van der Waals surface area contributed by atoms with Gasteiger partial charge in [-0.1, -0.05) is 43.3 Å². The minimum Gasteiger partial charge on any atom is -0.294 e.